The Morgan fingerprint density at radius 1 is 1.17 bits per heavy atom. The van der Waals surface area contributed by atoms with Gasteiger partial charge in [0, 0.05) is 24.5 Å². The number of carbonyl (C=O) groups is 1. The van der Waals surface area contributed by atoms with Crippen molar-refractivity contribution in [1.29, 1.82) is 0 Å². The highest BCUT2D eigenvalue weighted by molar-refractivity contribution is 5.92. The summed E-state index contributed by atoms with van der Waals surface area (Å²) in [7, 11) is 0. The first kappa shape index (κ1) is 15.3. The van der Waals surface area contributed by atoms with E-state index in [1.165, 1.54) is 12.0 Å². The Morgan fingerprint density at radius 2 is 2.04 bits per heavy atom. The molecule has 0 unspecified atom stereocenters. The molecule has 1 aromatic carbocycles. The normalized spacial score (nSPS) is 26.7. The van der Waals surface area contributed by atoms with E-state index in [2.05, 4.69) is 32.3 Å². The number of nitrogens with zero attached hydrogens (tertiary/aromatic N) is 3. The van der Waals surface area contributed by atoms with Crippen molar-refractivity contribution < 1.29 is 4.79 Å². The molecule has 5 nitrogen and oxygen atoms in total. The molecular formula is C19H22N4O. The highest BCUT2D eigenvalue weighted by Gasteiger charge is 2.44. The van der Waals surface area contributed by atoms with E-state index in [-0.39, 0.29) is 18.0 Å². The van der Waals surface area contributed by atoms with Crippen molar-refractivity contribution in [3.8, 4) is 0 Å². The third-order valence-corrected chi connectivity index (χ3v) is 5.17. The highest BCUT2D eigenvalue weighted by atomic mass is 16.2. The van der Waals surface area contributed by atoms with Gasteiger partial charge in [-0.15, -0.1) is 0 Å². The fourth-order valence-electron chi connectivity index (χ4n) is 4.07. The molecule has 3 heterocycles. The second-order valence-electron chi connectivity index (χ2n) is 6.59. The fourth-order valence-corrected chi connectivity index (χ4v) is 4.07. The molecule has 124 valence electrons. The molecule has 2 aliphatic heterocycles. The maximum absolute atomic E-state index is 13.2. The van der Waals surface area contributed by atoms with Gasteiger partial charge in [-0.2, -0.15) is 0 Å². The molecule has 1 aromatic heterocycles. The smallest absolute Gasteiger partial charge is 0.274 e. The van der Waals surface area contributed by atoms with Gasteiger partial charge in [0.1, 0.15) is 5.69 Å². The van der Waals surface area contributed by atoms with Crippen LogP contribution < -0.4 is 5.32 Å². The minimum absolute atomic E-state index is 0.00634. The Balaban J connectivity index is 1.71. The van der Waals surface area contributed by atoms with Crippen LogP contribution in [0.4, 0.5) is 0 Å². The molecule has 0 aliphatic carbocycles. The molecule has 24 heavy (non-hydrogen) atoms. The van der Waals surface area contributed by atoms with Crippen LogP contribution in [0.3, 0.4) is 0 Å². The number of benzene rings is 1. The van der Waals surface area contributed by atoms with Crippen LogP contribution in [0.5, 0.6) is 0 Å². The number of amides is 1. The number of nitrogens with one attached hydrogen (secondary N) is 1. The van der Waals surface area contributed by atoms with Crippen molar-refractivity contribution in [3.05, 3.63) is 60.2 Å². The molecule has 0 bridgehead atoms. The van der Waals surface area contributed by atoms with Crippen molar-refractivity contribution in [2.45, 2.75) is 43.8 Å². The second-order valence-corrected chi connectivity index (χ2v) is 6.59. The van der Waals surface area contributed by atoms with E-state index in [0.717, 1.165) is 25.8 Å². The van der Waals surface area contributed by atoms with E-state index in [4.69, 9.17) is 0 Å². The average molecular weight is 322 g/mol. The van der Waals surface area contributed by atoms with E-state index in [1.807, 2.05) is 18.2 Å². The summed E-state index contributed by atoms with van der Waals surface area (Å²) >= 11 is 0. The fraction of sp³-hybridized carbons (Fsp3) is 0.421. The zero-order chi connectivity index (χ0) is 16.4. The number of hydrogen-bond acceptors (Lipinski definition) is 4. The summed E-state index contributed by atoms with van der Waals surface area (Å²) in [5.41, 5.74) is 1.63. The molecule has 3 atom stereocenters. The number of likely N-dealkylation sites (tertiary alicyclic amines) is 1. The first-order chi connectivity index (χ1) is 11.8. The molecule has 0 spiro atoms. The topological polar surface area (TPSA) is 58.1 Å². The van der Waals surface area contributed by atoms with E-state index in [1.54, 1.807) is 18.6 Å². The van der Waals surface area contributed by atoms with Gasteiger partial charge in [0.15, 0.2) is 0 Å². The molecule has 2 aromatic rings. The third kappa shape index (κ3) is 2.80. The SMILES string of the molecule is O=C(c1cnccn1)N1[C@H](c2ccccc2)C[C@H]2NCCCC[C@@H]21. The summed E-state index contributed by atoms with van der Waals surface area (Å²) in [6.07, 6.45) is 9.10. The maximum Gasteiger partial charge on any atom is 0.274 e. The number of rotatable bonds is 2. The van der Waals surface area contributed by atoms with Gasteiger partial charge in [0.2, 0.25) is 0 Å². The lowest BCUT2D eigenvalue weighted by Crippen LogP contribution is -2.44. The van der Waals surface area contributed by atoms with Gasteiger partial charge in [-0.05, 0) is 31.4 Å². The summed E-state index contributed by atoms with van der Waals surface area (Å²) in [5.74, 6) is -0.00634. The monoisotopic (exact) mass is 322 g/mol. The largest absolute Gasteiger partial charge is 0.326 e. The standard InChI is InChI=1S/C19H22N4O/c24-19(16-13-20-10-11-22-16)23-17-8-4-5-9-21-15(17)12-18(23)14-6-2-1-3-7-14/h1-3,6-7,10-11,13,15,17-18,21H,4-5,8-9,12H2/t15-,17+,18+/m1/s1. The minimum Gasteiger partial charge on any atom is -0.326 e. The van der Waals surface area contributed by atoms with Gasteiger partial charge in [-0.3, -0.25) is 9.78 Å². The van der Waals surface area contributed by atoms with Crippen molar-refractivity contribution in [3.63, 3.8) is 0 Å². The van der Waals surface area contributed by atoms with Crippen LogP contribution in [0.1, 0.15) is 47.8 Å². The lowest BCUT2D eigenvalue weighted by molar-refractivity contribution is 0.0643. The number of hydrogen-bond donors (Lipinski definition) is 1. The summed E-state index contributed by atoms with van der Waals surface area (Å²) in [5, 5.41) is 3.65. The molecular weight excluding hydrogens is 300 g/mol. The summed E-state index contributed by atoms with van der Waals surface area (Å²) < 4.78 is 0. The van der Waals surface area contributed by atoms with Gasteiger partial charge in [0.05, 0.1) is 12.2 Å². The Kier molecular flexibility index (Phi) is 4.26. The van der Waals surface area contributed by atoms with Crippen LogP contribution in [0.15, 0.2) is 48.9 Å². The van der Waals surface area contributed by atoms with Crippen LogP contribution in [0, 0.1) is 0 Å². The van der Waals surface area contributed by atoms with Crippen LogP contribution in [-0.4, -0.2) is 39.4 Å². The maximum atomic E-state index is 13.2. The van der Waals surface area contributed by atoms with Crippen molar-refractivity contribution in [2.24, 2.45) is 0 Å². The molecule has 5 heteroatoms. The molecule has 1 amide bonds. The Bertz CT molecular complexity index is 691. The van der Waals surface area contributed by atoms with Crippen LogP contribution in [-0.2, 0) is 0 Å². The molecule has 2 aliphatic rings. The molecule has 0 radical (unpaired) electrons. The van der Waals surface area contributed by atoms with E-state index in [9.17, 15) is 4.79 Å². The predicted octanol–water partition coefficient (Wildman–Crippen LogP) is 2.57. The van der Waals surface area contributed by atoms with Crippen molar-refractivity contribution in [1.82, 2.24) is 20.2 Å². The van der Waals surface area contributed by atoms with Crippen molar-refractivity contribution in [2.75, 3.05) is 6.54 Å². The number of aromatic nitrogens is 2. The molecule has 1 N–H and O–H groups in total. The van der Waals surface area contributed by atoms with Gasteiger partial charge >= 0.3 is 0 Å². The molecule has 4 rings (SSSR count). The van der Waals surface area contributed by atoms with Crippen LogP contribution >= 0.6 is 0 Å². The highest BCUT2D eigenvalue weighted by Crippen LogP contribution is 2.39. The van der Waals surface area contributed by atoms with Crippen LogP contribution in [0.2, 0.25) is 0 Å². The van der Waals surface area contributed by atoms with Crippen LogP contribution in [0.25, 0.3) is 0 Å². The first-order valence-electron chi connectivity index (χ1n) is 8.71. The van der Waals surface area contributed by atoms with E-state index in [0.29, 0.717) is 11.7 Å². The molecule has 0 saturated carbocycles. The van der Waals surface area contributed by atoms with Gasteiger partial charge in [0.25, 0.3) is 5.91 Å². The summed E-state index contributed by atoms with van der Waals surface area (Å²) in [6, 6.07) is 11.0. The average Bonchev–Trinajstić information content (AvgIpc) is 2.85. The lowest BCUT2D eigenvalue weighted by Gasteiger charge is -2.31. The Morgan fingerprint density at radius 3 is 2.83 bits per heavy atom. The summed E-state index contributed by atoms with van der Waals surface area (Å²) in [6.45, 7) is 1.04. The zero-order valence-electron chi connectivity index (χ0n) is 13.6. The Hall–Kier alpha value is -2.27. The molecule has 2 fully saturated rings. The van der Waals surface area contributed by atoms with E-state index >= 15 is 0 Å². The molecule has 2 saturated heterocycles. The van der Waals surface area contributed by atoms with Gasteiger partial charge < -0.3 is 10.2 Å². The Labute approximate surface area is 142 Å². The zero-order valence-corrected chi connectivity index (χ0v) is 13.6. The van der Waals surface area contributed by atoms with Gasteiger partial charge in [-0.25, -0.2) is 4.98 Å². The van der Waals surface area contributed by atoms with Gasteiger partial charge in [-0.1, -0.05) is 36.8 Å². The number of fused-ring (bicyclic) bond motifs is 1. The van der Waals surface area contributed by atoms with Crippen molar-refractivity contribution >= 4 is 5.91 Å². The lowest BCUT2D eigenvalue weighted by atomic mass is 10.0. The minimum atomic E-state index is -0.00634. The quantitative estimate of drug-likeness (QED) is 0.923. The first-order valence-corrected chi connectivity index (χ1v) is 8.71. The predicted molar refractivity (Wildman–Crippen MR) is 91.4 cm³/mol. The third-order valence-electron chi connectivity index (χ3n) is 5.17. The van der Waals surface area contributed by atoms with E-state index < -0.39 is 0 Å². The second kappa shape index (κ2) is 6.69. The summed E-state index contributed by atoms with van der Waals surface area (Å²) in [4.78, 5) is 23.6. The number of carbonyl (C=O) groups excluding carboxylic acids is 1.